The third-order valence-corrected chi connectivity index (χ3v) is 4.46. The van der Waals surface area contributed by atoms with Crippen molar-refractivity contribution in [3.63, 3.8) is 0 Å². The Labute approximate surface area is 146 Å². The average molecular weight is 336 g/mol. The number of ether oxygens (including phenoxy) is 1. The fraction of sp³-hybridized carbons (Fsp3) is 0.333. The zero-order chi connectivity index (χ0) is 17.4. The molecule has 0 bridgehead atoms. The Morgan fingerprint density at radius 3 is 2.84 bits per heavy atom. The van der Waals surface area contributed by atoms with E-state index in [9.17, 15) is 0 Å². The lowest BCUT2D eigenvalue weighted by Crippen LogP contribution is -2.23. The number of amidine groups is 1. The Morgan fingerprint density at radius 2 is 2.04 bits per heavy atom. The second kappa shape index (κ2) is 6.16. The van der Waals surface area contributed by atoms with Gasteiger partial charge in [0.25, 0.3) is 6.02 Å². The first-order valence-electron chi connectivity index (χ1n) is 8.47. The quantitative estimate of drug-likeness (QED) is 0.917. The van der Waals surface area contributed by atoms with E-state index >= 15 is 0 Å². The summed E-state index contributed by atoms with van der Waals surface area (Å²) in [5.41, 5.74) is 8.90. The molecular formula is C18H20N6O. The lowest BCUT2D eigenvalue weighted by atomic mass is 9.98. The van der Waals surface area contributed by atoms with E-state index in [4.69, 9.17) is 15.5 Å². The van der Waals surface area contributed by atoms with Gasteiger partial charge in [0.05, 0.1) is 11.9 Å². The van der Waals surface area contributed by atoms with Crippen LogP contribution in [0.3, 0.4) is 0 Å². The van der Waals surface area contributed by atoms with E-state index in [1.807, 2.05) is 30.4 Å². The van der Waals surface area contributed by atoms with Crippen LogP contribution < -0.4 is 10.6 Å². The summed E-state index contributed by atoms with van der Waals surface area (Å²) in [6, 6.07) is 4.04. The van der Waals surface area contributed by atoms with E-state index in [0.29, 0.717) is 5.65 Å². The second-order valence-corrected chi connectivity index (χ2v) is 5.96. The molecule has 2 atom stereocenters. The SMILES string of the molecule is CCN(CC)c1cnc2ccc(C3=CC4N=C(N)OC4C=C3)nc2n1. The molecular weight excluding hydrogens is 316 g/mol. The molecule has 0 spiro atoms. The van der Waals surface area contributed by atoms with E-state index in [-0.39, 0.29) is 18.2 Å². The molecule has 0 fully saturated rings. The molecule has 2 N–H and O–H groups in total. The van der Waals surface area contributed by atoms with Crippen molar-refractivity contribution in [1.82, 2.24) is 15.0 Å². The molecule has 128 valence electrons. The Morgan fingerprint density at radius 1 is 1.20 bits per heavy atom. The molecule has 25 heavy (non-hydrogen) atoms. The van der Waals surface area contributed by atoms with Crippen LogP contribution in [-0.2, 0) is 4.74 Å². The molecule has 2 aromatic heterocycles. The lowest BCUT2D eigenvalue weighted by Gasteiger charge is -2.19. The van der Waals surface area contributed by atoms with E-state index in [0.717, 1.165) is 35.7 Å². The fourth-order valence-corrected chi connectivity index (χ4v) is 3.10. The highest BCUT2D eigenvalue weighted by Gasteiger charge is 2.29. The monoisotopic (exact) mass is 336 g/mol. The van der Waals surface area contributed by atoms with Crippen LogP contribution in [0.1, 0.15) is 19.5 Å². The maximum absolute atomic E-state index is 5.65. The van der Waals surface area contributed by atoms with E-state index in [1.54, 1.807) is 6.20 Å². The predicted octanol–water partition coefficient (Wildman–Crippen LogP) is 1.91. The minimum atomic E-state index is -0.113. The van der Waals surface area contributed by atoms with E-state index < -0.39 is 0 Å². The molecule has 0 saturated heterocycles. The summed E-state index contributed by atoms with van der Waals surface area (Å²) in [5, 5.41) is 0. The summed E-state index contributed by atoms with van der Waals surface area (Å²) in [7, 11) is 0. The fourth-order valence-electron chi connectivity index (χ4n) is 3.10. The van der Waals surface area contributed by atoms with Crippen molar-refractivity contribution in [3.8, 4) is 0 Å². The van der Waals surface area contributed by atoms with Crippen LogP contribution >= 0.6 is 0 Å². The molecule has 1 aliphatic carbocycles. The number of aliphatic imine (C=N–C) groups is 1. The first-order chi connectivity index (χ1) is 12.2. The van der Waals surface area contributed by atoms with Gasteiger partial charge in [-0.05, 0) is 43.7 Å². The van der Waals surface area contributed by atoms with Gasteiger partial charge in [-0.2, -0.15) is 0 Å². The molecule has 2 unspecified atom stereocenters. The normalized spacial score (nSPS) is 21.5. The number of hydrogen-bond donors (Lipinski definition) is 1. The molecule has 0 radical (unpaired) electrons. The highest BCUT2D eigenvalue weighted by molar-refractivity contribution is 5.81. The van der Waals surface area contributed by atoms with Crippen LogP contribution in [0.15, 0.2) is 41.6 Å². The maximum Gasteiger partial charge on any atom is 0.283 e. The molecule has 7 nitrogen and oxygen atoms in total. The number of pyridine rings is 1. The van der Waals surface area contributed by atoms with Gasteiger partial charge in [0.1, 0.15) is 23.5 Å². The molecule has 0 saturated carbocycles. The Hall–Kier alpha value is -2.96. The summed E-state index contributed by atoms with van der Waals surface area (Å²) in [6.45, 7) is 5.96. The zero-order valence-electron chi connectivity index (χ0n) is 14.3. The lowest BCUT2D eigenvalue weighted by molar-refractivity contribution is 0.251. The average Bonchev–Trinajstić information content (AvgIpc) is 3.01. The first kappa shape index (κ1) is 15.6. The maximum atomic E-state index is 5.65. The zero-order valence-corrected chi connectivity index (χ0v) is 14.3. The van der Waals surface area contributed by atoms with E-state index in [2.05, 4.69) is 33.7 Å². The van der Waals surface area contributed by atoms with Gasteiger partial charge in [-0.25, -0.2) is 19.9 Å². The van der Waals surface area contributed by atoms with Crippen molar-refractivity contribution in [1.29, 1.82) is 0 Å². The van der Waals surface area contributed by atoms with Gasteiger partial charge in [0, 0.05) is 13.1 Å². The molecule has 2 aliphatic rings. The van der Waals surface area contributed by atoms with Crippen molar-refractivity contribution in [2.75, 3.05) is 18.0 Å². The highest BCUT2D eigenvalue weighted by Crippen LogP contribution is 2.27. The number of anilines is 1. The van der Waals surface area contributed by atoms with Crippen molar-refractivity contribution >= 4 is 28.6 Å². The summed E-state index contributed by atoms with van der Waals surface area (Å²) in [6.07, 6.45) is 7.67. The number of hydrogen-bond acceptors (Lipinski definition) is 7. The van der Waals surface area contributed by atoms with Gasteiger partial charge >= 0.3 is 0 Å². The number of nitrogens with zero attached hydrogens (tertiary/aromatic N) is 5. The standard InChI is InChI=1S/C18H20N6O/c1-3-24(4-2)16-10-20-13-7-6-12(21-17(13)23-16)11-5-8-15-14(9-11)22-18(19)25-15/h5-10,14-15H,3-4H2,1-2H3,(H2,19,22). The summed E-state index contributed by atoms with van der Waals surface area (Å²) in [5.74, 6) is 0.844. The smallest absolute Gasteiger partial charge is 0.283 e. The molecule has 0 aromatic carbocycles. The summed E-state index contributed by atoms with van der Waals surface area (Å²) < 4.78 is 5.43. The summed E-state index contributed by atoms with van der Waals surface area (Å²) >= 11 is 0. The van der Waals surface area contributed by atoms with E-state index in [1.165, 1.54) is 0 Å². The van der Waals surface area contributed by atoms with Crippen LogP contribution in [0.2, 0.25) is 0 Å². The van der Waals surface area contributed by atoms with Gasteiger partial charge in [0.2, 0.25) is 0 Å². The van der Waals surface area contributed by atoms with Crippen LogP contribution in [0, 0.1) is 0 Å². The third-order valence-electron chi connectivity index (χ3n) is 4.46. The highest BCUT2D eigenvalue weighted by atomic mass is 16.5. The minimum Gasteiger partial charge on any atom is -0.455 e. The van der Waals surface area contributed by atoms with Gasteiger partial charge in [-0.3, -0.25) is 0 Å². The molecule has 1 aliphatic heterocycles. The number of aromatic nitrogens is 3. The van der Waals surface area contributed by atoms with Gasteiger partial charge < -0.3 is 15.4 Å². The number of nitrogens with two attached hydrogens (primary N) is 1. The Kier molecular flexibility index (Phi) is 3.83. The number of rotatable bonds is 4. The molecule has 3 heterocycles. The topological polar surface area (TPSA) is 89.5 Å². The summed E-state index contributed by atoms with van der Waals surface area (Å²) in [4.78, 5) is 20.3. The van der Waals surface area contributed by atoms with Crippen molar-refractivity contribution in [2.24, 2.45) is 10.7 Å². The molecule has 7 heteroatoms. The van der Waals surface area contributed by atoms with Gasteiger partial charge in [-0.1, -0.05) is 6.08 Å². The molecule has 2 aromatic rings. The number of allylic oxidation sites excluding steroid dienone is 2. The Balaban J connectivity index is 1.71. The van der Waals surface area contributed by atoms with Crippen LogP contribution in [0.4, 0.5) is 5.82 Å². The van der Waals surface area contributed by atoms with Crippen LogP contribution in [0.25, 0.3) is 16.7 Å². The molecule has 4 rings (SSSR count). The predicted molar refractivity (Wildman–Crippen MR) is 98.3 cm³/mol. The van der Waals surface area contributed by atoms with Crippen LogP contribution in [-0.4, -0.2) is 46.2 Å². The van der Waals surface area contributed by atoms with Crippen LogP contribution in [0.5, 0.6) is 0 Å². The van der Waals surface area contributed by atoms with Gasteiger partial charge in [0.15, 0.2) is 5.65 Å². The Bertz CT molecular complexity index is 900. The van der Waals surface area contributed by atoms with Crippen molar-refractivity contribution in [3.05, 3.63) is 42.3 Å². The minimum absolute atomic E-state index is 0.0920. The first-order valence-corrected chi connectivity index (χ1v) is 8.47. The second-order valence-electron chi connectivity index (χ2n) is 5.96. The number of fused-ring (bicyclic) bond motifs is 2. The van der Waals surface area contributed by atoms with Crippen molar-refractivity contribution < 1.29 is 4.74 Å². The molecule has 0 amide bonds. The van der Waals surface area contributed by atoms with Gasteiger partial charge in [-0.15, -0.1) is 0 Å². The third kappa shape index (κ3) is 2.82. The van der Waals surface area contributed by atoms with Crippen molar-refractivity contribution in [2.45, 2.75) is 26.0 Å². The largest absolute Gasteiger partial charge is 0.455 e.